The van der Waals surface area contributed by atoms with Gasteiger partial charge >= 0.3 is 0 Å². The first-order valence-electron chi connectivity index (χ1n) is 19.4. The molecule has 0 aromatic rings. The third-order valence-corrected chi connectivity index (χ3v) is 9.15. The molecule has 0 saturated carbocycles. The molecule has 0 aromatic carbocycles. The Kier molecular flexibility index (Phi) is 36.3. The molecule has 0 amide bonds. The number of hydrogen-bond donors (Lipinski definition) is 1. The predicted molar refractivity (Wildman–Crippen MR) is 194 cm³/mol. The van der Waals surface area contributed by atoms with Crippen LogP contribution in [0.2, 0.25) is 0 Å². The Hall–Kier alpha value is -0.130. The summed E-state index contributed by atoms with van der Waals surface area (Å²) in [6.07, 6.45) is 44.5. The topological polar surface area (TPSA) is 54.4 Å². The zero-order chi connectivity index (χ0) is 32.3. The van der Waals surface area contributed by atoms with Crippen LogP contribution in [0.25, 0.3) is 0 Å². The Morgan fingerprint density at radius 1 is 0.372 bits per heavy atom. The Balaban J connectivity index is 0. The second kappa shape index (κ2) is 34.7. The van der Waals surface area contributed by atoms with E-state index in [2.05, 4.69) is 27.8 Å². The lowest BCUT2D eigenvalue weighted by atomic mass is 10.0. The molecule has 0 aliphatic heterocycles. The molecule has 0 aliphatic carbocycles. The van der Waals surface area contributed by atoms with Crippen molar-refractivity contribution >= 4 is 10.1 Å². The summed E-state index contributed by atoms with van der Waals surface area (Å²) in [5.41, 5.74) is 0. The molecule has 0 aromatic heterocycles. The van der Waals surface area contributed by atoms with Crippen LogP contribution >= 0.6 is 0 Å². The molecule has 0 atom stereocenters. The highest BCUT2D eigenvalue weighted by Crippen LogP contribution is 2.18. The molecule has 4 nitrogen and oxygen atoms in total. The minimum Gasteiger partial charge on any atom is -0.326 e. The summed E-state index contributed by atoms with van der Waals surface area (Å²) in [5, 5.41) is 0. The van der Waals surface area contributed by atoms with Gasteiger partial charge in [0.1, 0.15) is 0 Å². The standard InChI is InChI=1S/C37H78N.CH4O3S/c1-5-8-11-14-17-20-21-22-23-24-25-28-31-34-37-38(4,35-32-29-26-18-15-12-9-6-2)36-33-30-27-19-16-13-10-7-3;1-5(2,3)4/h5-37H2,1-4H3;1H3,(H,2,3,4)/q+1;. The summed E-state index contributed by atoms with van der Waals surface area (Å²) in [4.78, 5) is 0. The maximum Gasteiger partial charge on any atom is 0.261 e. The van der Waals surface area contributed by atoms with Crippen LogP contribution in [0.1, 0.15) is 213 Å². The molecule has 0 rings (SSSR count). The maximum absolute atomic E-state index is 9.19. The van der Waals surface area contributed by atoms with E-state index < -0.39 is 10.1 Å². The highest BCUT2D eigenvalue weighted by atomic mass is 32.2. The van der Waals surface area contributed by atoms with Crippen LogP contribution in [-0.4, -0.2) is 50.4 Å². The fraction of sp³-hybridized carbons (Fsp3) is 1.00. The second-order valence-electron chi connectivity index (χ2n) is 14.1. The fourth-order valence-corrected chi connectivity index (χ4v) is 6.28. The molecule has 43 heavy (non-hydrogen) atoms. The van der Waals surface area contributed by atoms with E-state index in [1.165, 1.54) is 217 Å². The van der Waals surface area contributed by atoms with Gasteiger partial charge in [0.05, 0.1) is 32.9 Å². The lowest BCUT2D eigenvalue weighted by Crippen LogP contribution is -2.46. The van der Waals surface area contributed by atoms with E-state index in [0.717, 1.165) is 0 Å². The summed E-state index contributed by atoms with van der Waals surface area (Å²) < 4.78 is 27.2. The van der Waals surface area contributed by atoms with Gasteiger partial charge in [-0.2, -0.15) is 8.42 Å². The molecule has 0 aliphatic rings. The first-order chi connectivity index (χ1) is 20.7. The predicted octanol–water partition coefficient (Wildman–Crippen LogP) is 12.7. The number of hydrogen-bond acceptors (Lipinski definition) is 2. The van der Waals surface area contributed by atoms with Gasteiger partial charge in [-0.15, -0.1) is 0 Å². The molecule has 0 radical (unpaired) electrons. The van der Waals surface area contributed by atoms with Crippen LogP contribution in [-0.2, 0) is 10.1 Å². The molecule has 1 N–H and O–H groups in total. The number of unbranched alkanes of at least 4 members (excludes halogenated alkanes) is 27. The van der Waals surface area contributed by atoms with Crippen molar-refractivity contribution in [3.05, 3.63) is 0 Å². The van der Waals surface area contributed by atoms with E-state index in [-0.39, 0.29) is 0 Å². The van der Waals surface area contributed by atoms with Gasteiger partial charge in [-0.25, -0.2) is 0 Å². The van der Waals surface area contributed by atoms with Crippen molar-refractivity contribution in [1.82, 2.24) is 0 Å². The minimum atomic E-state index is -3.67. The van der Waals surface area contributed by atoms with Gasteiger partial charge in [0.25, 0.3) is 10.1 Å². The zero-order valence-electron chi connectivity index (χ0n) is 30.5. The molecule has 0 unspecified atom stereocenters. The second-order valence-corrected chi connectivity index (χ2v) is 15.5. The highest BCUT2D eigenvalue weighted by Gasteiger charge is 2.20. The van der Waals surface area contributed by atoms with E-state index >= 15 is 0 Å². The smallest absolute Gasteiger partial charge is 0.261 e. The lowest BCUT2D eigenvalue weighted by molar-refractivity contribution is -0.910. The lowest BCUT2D eigenvalue weighted by Gasteiger charge is -2.35. The van der Waals surface area contributed by atoms with Crippen molar-refractivity contribution in [1.29, 1.82) is 0 Å². The summed E-state index contributed by atoms with van der Waals surface area (Å²) in [5.74, 6) is 0. The van der Waals surface area contributed by atoms with Crippen LogP contribution in [0.15, 0.2) is 0 Å². The highest BCUT2D eigenvalue weighted by molar-refractivity contribution is 7.85. The van der Waals surface area contributed by atoms with Gasteiger partial charge in [0, 0.05) is 0 Å². The number of quaternary nitrogens is 1. The normalized spacial score (nSPS) is 12.0. The Bertz CT molecular complexity index is 595. The summed E-state index contributed by atoms with van der Waals surface area (Å²) in [6.45, 7) is 11.3. The molecule has 0 saturated heterocycles. The summed E-state index contributed by atoms with van der Waals surface area (Å²) in [6, 6.07) is 0. The quantitative estimate of drug-likeness (QED) is 0.0445. The Morgan fingerprint density at radius 2 is 0.512 bits per heavy atom. The van der Waals surface area contributed by atoms with E-state index in [1.54, 1.807) is 0 Å². The number of rotatable bonds is 33. The fourth-order valence-electron chi connectivity index (χ4n) is 6.28. The first kappa shape index (κ1) is 45.0. The van der Waals surface area contributed by atoms with Crippen LogP contribution in [0.3, 0.4) is 0 Å². The Morgan fingerprint density at radius 3 is 0.674 bits per heavy atom. The Labute approximate surface area is 273 Å². The van der Waals surface area contributed by atoms with Crippen LogP contribution < -0.4 is 0 Å². The van der Waals surface area contributed by atoms with Crippen molar-refractivity contribution in [2.75, 3.05) is 32.9 Å². The van der Waals surface area contributed by atoms with Crippen molar-refractivity contribution in [2.24, 2.45) is 0 Å². The van der Waals surface area contributed by atoms with Gasteiger partial charge in [0.15, 0.2) is 0 Å². The molecule has 0 spiro atoms. The molecular weight excluding hydrogens is 550 g/mol. The average Bonchev–Trinajstić information content (AvgIpc) is 2.95. The number of nitrogens with zero attached hydrogens (tertiary/aromatic N) is 1. The van der Waals surface area contributed by atoms with Crippen molar-refractivity contribution < 1.29 is 17.5 Å². The van der Waals surface area contributed by atoms with E-state index in [4.69, 9.17) is 4.55 Å². The third kappa shape index (κ3) is 44.1. The third-order valence-electron chi connectivity index (χ3n) is 9.15. The van der Waals surface area contributed by atoms with E-state index in [0.29, 0.717) is 6.26 Å². The molecule has 262 valence electrons. The van der Waals surface area contributed by atoms with Crippen LogP contribution in [0, 0.1) is 0 Å². The van der Waals surface area contributed by atoms with Crippen molar-refractivity contribution in [3.8, 4) is 0 Å². The monoisotopic (exact) mass is 633 g/mol. The van der Waals surface area contributed by atoms with E-state index in [1.807, 2.05) is 0 Å². The minimum absolute atomic E-state index is 0.715. The van der Waals surface area contributed by atoms with Crippen LogP contribution in [0.5, 0.6) is 0 Å². The molecule has 0 fully saturated rings. The molecule has 0 heterocycles. The van der Waals surface area contributed by atoms with Crippen molar-refractivity contribution in [2.45, 2.75) is 213 Å². The maximum atomic E-state index is 9.19. The largest absolute Gasteiger partial charge is 0.326 e. The SMILES string of the molecule is CCCCCCCCCCCCCCCC[N+](C)(CCCCCCCCCC)CCCCCCCCCC.CS(=O)(=O)O. The van der Waals surface area contributed by atoms with E-state index in [9.17, 15) is 8.42 Å². The van der Waals surface area contributed by atoms with Gasteiger partial charge in [-0.05, 0) is 38.5 Å². The molecule has 5 heteroatoms. The van der Waals surface area contributed by atoms with Gasteiger partial charge in [-0.1, -0.05) is 175 Å². The molecular formula is C38H82NO3S+. The van der Waals surface area contributed by atoms with Gasteiger partial charge < -0.3 is 4.48 Å². The van der Waals surface area contributed by atoms with Crippen LogP contribution in [0.4, 0.5) is 0 Å². The van der Waals surface area contributed by atoms with Gasteiger partial charge in [0.2, 0.25) is 0 Å². The van der Waals surface area contributed by atoms with Gasteiger partial charge in [-0.3, -0.25) is 4.55 Å². The van der Waals surface area contributed by atoms with Crippen molar-refractivity contribution in [3.63, 3.8) is 0 Å². The average molecular weight is 633 g/mol. The zero-order valence-corrected chi connectivity index (χ0v) is 31.3. The molecule has 0 bridgehead atoms. The first-order valence-corrected chi connectivity index (χ1v) is 21.3. The summed E-state index contributed by atoms with van der Waals surface area (Å²) in [7, 11) is -1.06. The summed E-state index contributed by atoms with van der Waals surface area (Å²) >= 11 is 0.